The van der Waals surface area contributed by atoms with Crippen LogP contribution in [0.3, 0.4) is 0 Å². The molecule has 5 heteroatoms. The van der Waals surface area contributed by atoms with Gasteiger partial charge in [-0.05, 0) is 31.0 Å². The number of carbonyl (C=O) groups is 1. The van der Waals surface area contributed by atoms with Crippen LogP contribution < -0.4 is 5.32 Å². The standard InChI is InChI=1S/C9H11NO2.C9H11NO/c1-7-5-3-4-6-8(7)10-9(11)12-2;1-8-4-3-5-9(6-8)7-11-10-2/h3-6H,1-2H3,(H,10,11);3-6H,2,7H2,1H3. The normalized spacial score (nSPS) is 9.17. The van der Waals surface area contributed by atoms with E-state index in [0.717, 1.165) is 16.8 Å². The summed E-state index contributed by atoms with van der Waals surface area (Å²) in [5.41, 5.74) is 4.15. The average Bonchev–Trinajstić information content (AvgIpc) is 2.55. The lowest BCUT2D eigenvalue weighted by Gasteiger charge is -2.05. The third kappa shape index (κ3) is 7.13. The van der Waals surface area contributed by atoms with E-state index in [4.69, 9.17) is 4.84 Å². The number of aryl methyl sites for hydroxylation is 2. The first-order valence-corrected chi connectivity index (χ1v) is 7.11. The van der Waals surface area contributed by atoms with Crippen LogP contribution in [0.15, 0.2) is 53.7 Å². The van der Waals surface area contributed by atoms with E-state index in [2.05, 4.69) is 28.0 Å². The van der Waals surface area contributed by atoms with Crippen molar-refractivity contribution in [3.63, 3.8) is 0 Å². The van der Waals surface area contributed by atoms with E-state index in [0.29, 0.717) is 6.61 Å². The molecule has 0 unspecified atom stereocenters. The molecule has 0 fully saturated rings. The molecule has 2 rings (SSSR count). The van der Waals surface area contributed by atoms with Crippen LogP contribution in [0.1, 0.15) is 16.7 Å². The fourth-order valence-electron chi connectivity index (χ4n) is 1.80. The van der Waals surface area contributed by atoms with Gasteiger partial charge in [-0.15, -0.1) is 5.16 Å². The minimum atomic E-state index is -0.440. The molecule has 0 saturated carbocycles. The van der Waals surface area contributed by atoms with E-state index >= 15 is 0 Å². The second-order valence-electron chi connectivity index (χ2n) is 4.82. The van der Waals surface area contributed by atoms with E-state index in [1.54, 1.807) is 0 Å². The first-order valence-electron chi connectivity index (χ1n) is 7.11. The van der Waals surface area contributed by atoms with Gasteiger partial charge < -0.3 is 9.57 Å². The summed E-state index contributed by atoms with van der Waals surface area (Å²) in [6, 6.07) is 15.6. The number of para-hydroxylation sites is 1. The highest BCUT2D eigenvalue weighted by atomic mass is 16.6. The second kappa shape index (κ2) is 10.00. The van der Waals surface area contributed by atoms with E-state index < -0.39 is 6.09 Å². The van der Waals surface area contributed by atoms with Gasteiger partial charge in [0.05, 0.1) is 7.11 Å². The van der Waals surface area contributed by atoms with E-state index in [9.17, 15) is 4.79 Å². The lowest BCUT2D eigenvalue weighted by Crippen LogP contribution is -2.11. The van der Waals surface area contributed by atoms with Gasteiger partial charge in [-0.3, -0.25) is 5.32 Å². The number of hydrogen-bond donors (Lipinski definition) is 1. The summed E-state index contributed by atoms with van der Waals surface area (Å²) in [5.74, 6) is 0. The highest BCUT2D eigenvalue weighted by Gasteiger charge is 2.01. The molecule has 2 aromatic rings. The zero-order valence-corrected chi connectivity index (χ0v) is 13.7. The molecular formula is C18H22N2O3. The number of amides is 1. The fraction of sp³-hybridized carbons (Fsp3) is 0.222. The van der Waals surface area contributed by atoms with Gasteiger partial charge in [0.1, 0.15) is 6.61 Å². The van der Waals surface area contributed by atoms with Gasteiger partial charge in [-0.25, -0.2) is 4.79 Å². The van der Waals surface area contributed by atoms with Crippen molar-refractivity contribution in [3.8, 4) is 0 Å². The van der Waals surface area contributed by atoms with Crippen molar-refractivity contribution < 1.29 is 14.4 Å². The first kappa shape index (κ1) is 18.2. The van der Waals surface area contributed by atoms with Crippen molar-refractivity contribution >= 4 is 18.5 Å². The second-order valence-corrected chi connectivity index (χ2v) is 4.82. The third-order valence-corrected chi connectivity index (χ3v) is 2.97. The highest BCUT2D eigenvalue weighted by molar-refractivity contribution is 5.85. The zero-order valence-electron chi connectivity index (χ0n) is 13.7. The maximum absolute atomic E-state index is 10.8. The molecule has 0 aromatic heterocycles. The van der Waals surface area contributed by atoms with E-state index in [1.165, 1.54) is 12.7 Å². The van der Waals surface area contributed by atoms with Crippen LogP contribution in [-0.4, -0.2) is 19.9 Å². The largest absolute Gasteiger partial charge is 0.453 e. The number of hydrogen-bond acceptors (Lipinski definition) is 4. The van der Waals surface area contributed by atoms with Crippen molar-refractivity contribution in [1.82, 2.24) is 0 Å². The Hall–Kier alpha value is -2.82. The molecule has 122 valence electrons. The maximum atomic E-state index is 10.8. The number of nitrogens with zero attached hydrogens (tertiary/aromatic N) is 1. The van der Waals surface area contributed by atoms with E-state index in [1.807, 2.05) is 56.3 Å². The molecule has 0 spiro atoms. The summed E-state index contributed by atoms with van der Waals surface area (Å²) in [7, 11) is 1.34. The van der Waals surface area contributed by atoms with Crippen LogP contribution in [0.4, 0.5) is 10.5 Å². The summed E-state index contributed by atoms with van der Waals surface area (Å²) in [6.45, 7) is 7.70. The van der Waals surface area contributed by atoms with Crippen molar-refractivity contribution in [2.45, 2.75) is 20.5 Å². The Morgan fingerprint density at radius 2 is 1.91 bits per heavy atom. The molecular weight excluding hydrogens is 292 g/mol. The number of anilines is 1. The molecule has 2 aromatic carbocycles. The molecule has 0 radical (unpaired) electrons. The summed E-state index contributed by atoms with van der Waals surface area (Å²) in [4.78, 5) is 15.6. The Labute approximate surface area is 136 Å². The van der Waals surface area contributed by atoms with Crippen molar-refractivity contribution in [2.75, 3.05) is 12.4 Å². The number of oxime groups is 1. The monoisotopic (exact) mass is 314 g/mol. The average molecular weight is 314 g/mol. The van der Waals surface area contributed by atoms with Gasteiger partial charge in [0.25, 0.3) is 0 Å². The molecule has 0 aliphatic heterocycles. The topological polar surface area (TPSA) is 59.9 Å². The zero-order chi connectivity index (χ0) is 17.1. The van der Waals surface area contributed by atoms with Crippen LogP contribution in [0.2, 0.25) is 0 Å². The molecule has 0 bridgehead atoms. The van der Waals surface area contributed by atoms with Crippen molar-refractivity contribution in [2.24, 2.45) is 5.16 Å². The van der Waals surface area contributed by atoms with Crippen LogP contribution in [0, 0.1) is 13.8 Å². The molecule has 1 N–H and O–H groups in total. The van der Waals surface area contributed by atoms with Gasteiger partial charge in [0.15, 0.2) is 0 Å². The Balaban J connectivity index is 0.000000231. The Kier molecular flexibility index (Phi) is 7.92. The number of nitrogens with one attached hydrogen (secondary N) is 1. The number of carbonyl (C=O) groups excluding carboxylic acids is 1. The van der Waals surface area contributed by atoms with Crippen molar-refractivity contribution in [1.29, 1.82) is 0 Å². The molecule has 0 aliphatic rings. The minimum absolute atomic E-state index is 0.440. The molecule has 23 heavy (non-hydrogen) atoms. The lowest BCUT2D eigenvalue weighted by molar-refractivity contribution is 0.133. The Morgan fingerprint density at radius 3 is 2.52 bits per heavy atom. The van der Waals surface area contributed by atoms with Gasteiger partial charge >= 0.3 is 6.09 Å². The van der Waals surface area contributed by atoms with Gasteiger partial charge in [0.2, 0.25) is 0 Å². The van der Waals surface area contributed by atoms with Crippen LogP contribution in [0.5, 0.6) is 0 Å². The smallest absolute Gasteiger partial charge is 0.411 e. The minimum Gasteiger partial charge on any atom is -0.453 e. The maximum Gasteiger partial charge on any atom is 0.411 e. The number of benzene rings is 2. The van der Waals surface area contributed by atoms with E-state index in [-0.39, 0.29) is 0 Å². The molecule has 5 nitrogen and oxygen atoms in total. The number of methoxy groups -OCH3 is 1. The Morgan fingerprint density at radius 1 is 1.17 bits per heavy atom. The number of rotatable bonds is 4. The summed E-state index contributed by atoms with van der Waals surface area (Å²) < 4.78 is 4.46. The fourth-order valence-corrected chi connectivity index (χ4v) is 1.80. The van der Waals surface area contributed by atoms with Crippen molar-refractivity contribution in [3.05, 3.63) is 65.2 Å². The Bertz CT molecular complexity index is 642. The quantitative estimate of drug-likeness (QED) is 0.676. The predicted octanol–water partition coefficient (Wildman–Crippen LogP) is 4.30. The number of ether oxygens (including phenoxy) is 1. The van der Waals surface area contributed by atoms with Gasteiger partial charge in [-0.1, -0.05) is 48.0 Å². The molecule has 1 amide bonds. The summed E-state index contributed by atoms with van der Waals surface area (Å²) in [5, 5.41) is 5.91. The van der Waals surface area contributed by atoms with Crippen LogP contribution in [0.25, 0.3) is 0 Å². The van der Waals surface area contributed by atoms with Crippen LogP contribution >= 0.6 is 0 Å². The summed E-state index contributed by atoms with van der Waals surface area (Å²) in [6.07, 6.45) is -0.440. The molecule has 0 aliphatic carbocycles. The van der Waals surface area contributed by atoms with Gasteiger partial charge in [-0.2, -0.15) is 0 Å². The molecule has 0 heterocycles. The molecule has 0 atom stereocenters. The molecule has 0 saturated heterocycles. The first-order chi connectivity index (χ1) is 11.1. The SMILES string of the molecule is C=NOCc1cccc(C)c1.COC(=O)Nc1ccccc1C. The third-order valence-electron chi connectivity index (χ3n) is 2.97. The van der Waals surface area contributed by atoms with Crippen LogP contribution in [-0.2, 0) is 16.2 Å². The summed E-state index contributed by atoms with van der Waals surface area (Å²) >= 11 is 0. The predicted molar refractivity (Wildman–Crippen MR) is 92.7 cm³/mol. The lowest BCUT2D eigenvalue weighted by atomic mass is 10.1. The highest BCUT2D eigenvalue weighted by Crippen LogP contribution is 2.12. The van der Waals surface area contributed by atoms with Gasteiger partial charge in [0, 0.05) is 12.4 Å².